The molecule has 0 fully saturated rings. The van der Waals surface area contributed by atoms with Gasteiger partial charge >= 0.3 is 0 Å². The molecular formula is C12H21N3O. The summed E-state index contributed by atoms with van der Waals surface area (Å²) in [5.74, 6) is 0.637. The maximum absolute atomic E-state index is 9.28. The molecule has 0 aromatic carbocycles. The third kappa shape index (κ3) is 2.13. The van der Waals surface area contributed by atoms with Crippen molar-refractivity contribution in [2.75, 3.05) is 6.61 Å². The standard InChI is InChI=1S/C12H21N3O/c1-8(2)4-11-12-10(13-7-15(12)3)5-9(6-16)14-11/h7-9,11,14,16H,4-6H2,1-3H3. The number of fused-ring (bicyclic) bond motifs is 1. The maximum Gasteiger partial charge on any atom is 0.0949 e. The zero-order valence-corrected chi connectivity index (χ0v) is 10.3. The molecule has 2 N–H and O–H groups in total. The molecule has 4 heteroatoms. The van der Waals surface area contributed by atoms with Gasteiger partial charge in [-0.1, -0.05) is 13.8 Å². The number of nitrogens with zero attached hydrogens (tertiary/aromatic N) is 2. The van der Waals surface area contributed by atoms with Gasteiger partial charge in [0.15, 0.2) is 0 Å². The van der Waals surface area contributed by atoms with Crippen molar-refractivity contribution in [1.29, 1.82) is 0 Å². The van der Waals surface area contributed by atoms with Crippen molar-refractivity contribution in [3.05, 3.63) is 17.7 Å². The van der Waals surface area contributed by atoms with Crippen LogP contribution in [0, 0.1) is 5.92 Å². The lowest BCUT2D eigenvalue weighted by Gasteiger charge is -2.31. The highest BCUT2D eigenvalue weighted by Crippen LogP contribution is 2.28. The average Bonchev–Trinajstić information content (AvgIpc) is 2.59. The van der Waals surface area contributed by atoms with Gasteiger partial charge in [-0.15, -0.1) is 0 Å². The summed E-state index contributed by atoms with van der Waals surface area (Å²) in [6.07, 6.45) is 3.80. The van der Waals surface area contributed by atoms with Gasteiger partial charge in [-0.05, 0) is 12.3 Å². The van der Waals surface area contributed by atoms with Gasteiger partial charge in [-0.25, -0.2) is 4.98 Å². The van der Waals surface area contributed by atoms with E-state index in [-0.39, 0.29) is 12.6 Å². The lowest BCUT2D eigenvalue weighted by Crippen LogP contribution is -2.42. The largest absolute Gasteiger partial charge is 0.395 e. The highest BCUT2D eigenvalue weighted by molar-refractivity contribution is 5.22. The molecular weight excluding hydrogens is 202 g/mol. The van der Waals surface area contributed by atoms with Gasteiger partial charge in [0.25, 0.3) is 0 Å². The number of imidazole rings is 1. The number of hydrogen-bond donors (Lipinski definition) is 2. The Labute approximate surface area is 96.7 Å². The lowest BCUT2D eigenvalue weighted by molar-refractivity contribution is 0.212. The SMILES string of the molecule is CC(C)CC1NC(CO)Cc2ncn(C)c21. The van der Waals surface area contributed by atoms with E-state index in [1.165, 1.54) is 5.69 Å². The topological polar surface area (TPSA) is 50.1 Å². The molecule has 2 unspecified atom stereocenters. The third-order valence-electron chi connectivity index (χ3n) is 3.20. The van der Waals surface area contributed by atoms with Crippen LogP contribution in [0.15, 0.2) is 6.33 Å². The minimum absolute atomic E-state index is 0.158. The van der Waals surface area contributed by atoms with Gasteiger partial charge in [0.2, 0.25) is 0 Å². The Morgan fingerprint density at radius 1 is 1.62 bits per heavy atom. The second kappa shape index (κ2) is 4.55. The second-order valence-corrected chi connectivity index (χ2v) is 5.12. The summed E-state index contributed by atoms with van der Waals surface area (Å²) in [4.78, 5) is 4.42. The maximum atomic E-state index is 9.28. The second-order valence-electron chi connectivity index (χ2n) is 5.12. The molecule has 0 saturated heterocycles. The monoisotopic (exact) mass is 223 g/mol. The summed E-state index contributed by atoms with van der Waals surface area (Å²) in [5.41, 5.74) is 2.43. The van der Waals surface area contributed by atoms with Crippen molar-refractivity contribution < 1.29 is 5.11 Å². The minimum atomic E-state index is 0.158. The smallest absolute Gasteiger partial charge is 0.0949 e. The van der Waals surface area contributed by atoms with Gasteiger partial charge in [0.05, 0.1) is 24.3 Å². The van der Waals surface area contributed by atoms with E-state index < -0.39 is 0 Å². The normalized spacial score (nSPS) is 24.8. The van der Waals surface area contributed by atoms with Crippen LogP contribution in [0.3, 0.4) is 0 Å². The molecule has 16 heavy (non-hydrogen) atoms. The summed E-state index contributed by atoms with van der Waals surface area (Å²) >= 11 is 0. The first-order valence-electron chi connectivity index (χ1n) is 5.98. The fourth-order valence-electron chi connectivity index (χ4n) is 2.52. The average molecular weight is 223 g/mol. The van der Waals surface area contributed by atoms with Crippen LogP contribution in [0.25, 0.3) is 0 Å². The Bertz CT molecular complexity index is 359. The molecule has 0 amide bonds. The number of aliphatic hydroxyl groups is 1. The summed E-state index contributed by atoms with van der Waals surface area (Å²) in [6.45, 7) is 4.63. The molecule has 90 valence electrons. The molecule has 2 rings (SSSR count). The lowest BCUT2D eigenvalue weighted by atomic mass is 9.93. The summed E-state index contributed by atoms with van der Waals surface area (Å²) in [5, 5.41) is 12.8. The summed E-state index contributed by atoms with van der Waals surface area (Å²) in [7, 11) is 2.04. The van der Waals surface area contributed by atoms with Crippen LogP contribution in [-0.4, -0.2) is 27.3 Å². The molecule has 0 bridgehead atoms. The Balaban J connectivity index is 2.26. The Morgan fingerprint density at radius 3 is 3.00 bits per heavy atom. The first-order chi connectivity index (χ1) is 7.61. The van der Waals surface area contributed by atoms with E-state index in [0.717, 1.165) is 18.5 Å². The van der Waals surface area contributed by atoms with Gasteiger partial charge in [0.1, 0.15) is 0 Å². The van der Waals surface area contributed by atoms with E-state index in [2.05, 4.69) is 28.7 Å². The molecule has 1 aliphatic heterocycles. The summed E-state index contributed by atoms with van der Waals surface area (Å²) in [6, 6.07) is 0.486. The highest BCUT2D eigenvalue weighted by Gasteiger charge is 2.29. The van der Waals surface area contributed by atoms with Gasteiger partial charge < -0.3 is 15.0 Å². The van der Waals surface area contributed by atoms with E-state index in [4.69, 9.17) is 0 Å². The Hall–Kier alpha value is -0.870. The number of aromatic nitrogens is 2. The van der Waals surface area contributed by atoms with Crippen LogP contribution < -0.4 is 5.32 Å². The van der Waals surface area contributed by atoms with Crippen molar-refractivity contribution in [2.24, 2.45) is 13.0 Å². The van der Waals surface area contributed by atoms with Crippen LogP contribution in [0.5, 0.6) is 0 Å². The van der Waals surface area contributed by atoms with Crippen LogP contribution in [-0.2, 0) is 13.5 Å². The fraction of sp³-hybridized carbons (Fsp3) is 0.750. The molecule has 1 aromatic heterocycles. The molecule has 1 aromatic rings. The Kier molecular flexibility index (Phi) is 3.30. The molecule has 4 nitrogen and oxygen atoms in total. The van der Waals surface area contributed by atoms with Crippen molar-refractivity contribution in [3.8, 4) is 0 Å². The van der Waals surface area contributed by atoms with Crippen molar-refractivity contribution in [2.45, 2.75) is 38.8 Å². The molecule has 2 heterocycles. The molecule has 2 atom stereocenters. The predicted octanol–water partition coefficient (Wildman–Crippen LogP) is 1.01. The third-order valence-corrected chi connectivity index (χ3v) is 3.20. The molecule has 0 saturated carbocycles. The van der Waals surface area contributed by atoms with Crippen LogP contribution in [0.4, 0.5) is 0 Å². The van der Waals surface area contributed by atoms with Gasteiger partial charge in [-0.2, -0.15) is 0 Å². The number of aryl methyl sites for hydroxylation is 1. The number of hydrogen-bond acceptors (Lipinski definition) is 3. The molecule has 0 aliphatic carbocycles. The van der Waals surface area contributed by atoms with Crippen LogP contribution in [0.2, 0.25) is 0 Å². The highest BCUT2D eigenvalue weighted by atomic mass is 16.3. The quantitative estimate of drug-likeness (QED) is 0.804. The zero-order valence-electron chi connectivity index (χ0n) is 10.3. The molecule has 0 radical (unpaired) electrons. The van der Waals surface area contributed by atoms with Crippen LogP contribution in [0.1, 0.15) is 37.7 Å². The molecule has 1 aliphatic rings. The molecule has 0 spiro atoms. The van der Waals surface area contributed by atoms with Crippen molar-refractivity contribution >= 4 is 0 Å². The summed E-state index contributed by atoms with van der Waals surface area (Å²) < 4.78 is 2.10. The predicted molar refractivity (Wildman–Crippen MR) is 63.1 cm³/mol. The Morgan fingerprint density at radius 2 is 2.38 bits per heavy atom. The van der Waals surface area contributed by atoms with Gasteiger partial charge in [0, 0.05) is 25.6 Å². The van der Waals surface area contributed by atoms with E-state index in [1.807, 2.05) is 13.4 Å². The van der Waals surface area contributed by atoms with E-state index in [9.17, 15) is 5.11 Å². The van der Waals surface area contributed by atoms with Crippen molar-refractivity contribution in [3.63, 3.8) is 0 Å². The van der Waals surface area contributed by atoms with Crippen molar-refractivity contribution in [1.82, 2.24) is 14.9 Å². The number of rotatable bonds is 3. The minimum Gasteiger partial charge on any atom is -0.395 e. The van der Waals surface area contributed by atoms with E-state index in [0.29, 0.717) is 12.0 Å². The van der Waals surface area contributed by atoms with Crippen LogP contribution >= 0.6 is 0 Å². The first kappa shape index (κ1) is 11.6. The van der Waals surface area contributed by atoms with E-state index >= 15 is 0 Å². The fourth-order valence-corrected chi connectivity index (χ4v) is 2.52. The zero-order chi connectivity index (χ0) is 11.7. The number of nitrogens with one attached hydrogen (secondary N) is 1. The first-order valence-corrected chi connectivity index (χ1v) is 5.98. The van der Waals surface area contributed by atoms with Gasteiger partial charge in [-0.3, -0.25) is 0 Å². The van der Waals surface area contributed by atoms with E-state index in [1.54, 1.807) is 0 Å². The number of aliphatic hydroxyl groups excluding tert-OH is 1.